The molecule has 0 bridgehead atoms. The molecule has 0 aliphatic heterocycles. The third-order valence-corrected chi connectivity index (χ3v) is 2.65. The number of amides is 2. The first-order chi connectivity index (χ1) is 9.02. The molecule has 104 valence electrons. The van der Waals surface area contributed by atoms with Crippen LogP contribution < -0.4 is 10.6 Å². The number of urea groups is 1. The first-order valence-corrected chi connectivity index (χ1v) is 6.23. The topological polar surface area (TPSA) is 91.3 Å². The van der Waals surface area contributed by atoms with E-state index in [2.05, 4.69) is 15.6 Å². The number of aromatic nitrogens is 1. The lowest BCUT2D eigenvalue weighted by Gasteiger charge is -2.17. The molecule has 1 rings (SSSR count). The monoisotopic (exact) mass is 265 g/mol. The average Bonchev–Trinajstić information content (AvgIpc) is 2.31. The molecular formula is C13H19N3O3. The van der Waals surface area contributed by atoms with Gasteiger partial charge in [-0.15, -0.1) is 0 Å². The first kappa shape index (κ1) is 14.9. The number of carboxylic acids is 1. The maximum atomic E-state index is 11.8. The number of aliphatic carboxylic acids is 1. The van der Waals surface area contributed by atoms with Gasteiger partial charge in [-0.3, -0.25) is 9.78 Å². The van der Waals surface area contributed by atoms with Crippen LogP contribution >= 0.6 is 0 Å². The molecule has 1 aromatic heterocycles. The van der Waals surface area contributed by atoms with Crippen LogP contribution in [0.3, 0.4) is 0 Å². The standard InChI is InChI=1S/C13H19N3O3/c1-3-5-10(8-12(17)18)15-13(19)16-11-6-4-7-14-9(11)2/h4,6-7,10H,3,5,8H2,1-2H3,(H,17,18)(H2,15,16,19). The summed E-state index contributed by atoms with van der Waals surface area (Å²) in [5, 5.41) is 14.1. The molecule has 6 nitrogen and oxygen atoms in total. The Bertz CT molecular complexity index is 449. The highest BCUT2D eigenvalue weighted by Gasteiger charge is 2.15. The maximum absolute atomic E-state index is 11.8. The van der Waals surface area contributed by atoms with Gasteiger partial charge >= 0.3 is 12.0 Å². The number of carbonyl (C=O) groups is 2. The number of hydrogen-bond donors (Lipinski definition) is 3. The smallest absolute Gasteiger partial charge is 0.319 e. The number of nitrogens with one attached hydrogen (secondary N) is 2. The van der Waals surface area contributed by atoms with Crippen LogP contribution in [-0.2, 0) is 4.79 Å². The van der Waals surface area contributed by atoms with Crippen LogP contribution in [0.25, 0.3) is 0 Å². The maximum Gasteiger partial charge on any atom is 0.319 e. The molecule has 0 saturated heterocycles. The van der Waals surface area contributed by atoms with Crippen LogP contribution in [0.1, 0.15) is 31.9 Å². The largest absolute Gasteiger partial charge is 0.481 e. The third-order valence-electron chi connectivity index (χ3n) is 2.65. The second kappa shape index (κ2) is 7.35. The molecule has 0 saturated carbocycles. The molecule has 0 aliphatic rings. The van der Waals surface area contributed by atoms with Gasteiger partial charge in [-0.25, -0.2) is 4.79 Å². The lowest BCUT2D eigenvalue weighted by atomic mass is 10.1. The highest BCUT2D eigenvalue weighted by atomic mass is 16.4. The van der Waals surface area contributed by atoms with Crippen LogP contribution in [0.2, 0.25) is 0 Å². The minimum absolute atomic E-state index is 0.0761. The van der Waals surface area contributed by atoms with E-state index in [0.717, 1.165) is 6.42 Å². The lowest BCUT2D eigenvalue weighted by molar-refractivity contribution is -0.137. The molecule has 3 N–H and O–H groups in total. The van der Waals surface area contributed by atoms with E-state index in [-0.39, 0.29) is 12.5 Å². The van der Waals surface area contributed by atoms with Gasteiger partial charge in [-0.2, -0.15) is 0 Å². The van der Waals surface area contributed by atoms with Gasteiger partial charge in [0.2, 0.25) is 0 Å². The van der Waals surface area contributed by atoms with Crippen molar-refractivity contribution < 1.29 is 14.7 Å². The molecule has 1 heterocycles. The van der Waals surface area contributed by atoms with Gasteiger partial charge in [0.1, 0.15) is 0 Å². The number of carboxylic acid groups (broad SMARTS) is 1. The number of carbonyl (C=O) groups excluding carboxylic acids is 1. The zero-order valence-electron chi connectivity index (χ0n) is 11.1. The van der Waals surface area contributed by atoms with Gasteiger partial charge in [0, 0.05) is 12.2 Å². The summed E-state index contributed by atoms with van der Waals surface area (Å²) in [6.45, 7) is 3.73. The van der Waals surface area contributed by atoms with Crippen LogP contribution in [-0.4, -0.2) is 28.1 Å². The molecule has 0 aromatic carbocycles. The van der Waals surface area contributed by atoms with Crippen molar-refractivity contribution >= 4 is 17.7 Å². The van der Waals surface area contributed by atoms with Gasteiger partial charge in [-0.05, 0) is 25.5 Å². The molecule has 19 heavy (non-hydrogen) atoms. The van der Waals surface area contributed by atoms with Crippen LogP contribution in [0, 0.1) is 6.92 Å². The number of hydrogen-bond acceptors (Lipinski definition) is 3. The van der Waals surface area contributed by atoms with E-state index in [9.17, 15) is 9.59 Å². The molecule has 0 radical (unpaired) electrons. The van der Waals surface area contributed by atoms with E-state index in [0.29, 0.717) is 17.8 Å². The summed E-state index contributed by atoms with van der Waals surface area (Å²) in [6, 6.07) is 2.70. The number of aryl methyl sites for hydroxylation is 1. The molecule has 1 atom stereocenters. The van der Waals surface area contributed by atoms with Crippen molar-refractivity contribution in [3.8, 4) is 0 Å². The minimum atomic E-state index is -0.920. The third kappa shape index (κ3) is 5.37. The Morgan fingerprint density at radius 1 is 1.47 bits per heavy atom. The molecule has 6 heteroatoms. The summed E-state index contributed by atoms with van der Waals surface area (Å²) in [5.74, 6) is -0.920. The number of nitrogens with zero attached hydrogens (tertiary/aromatic N) is 1. The number of rotatable bonds is 6. The van der Waals surface area contributed by atoms with Crippen LogP contribution in [0.15, 0.2) is 18.3 Å². The summed E-state index contributed by atoms with van der Waals surface area (Å²) in [6.07, 6.45) is 3.01. The molecule has 0 aliphatic carbocycles. The Balaban J connectivity index is 2.57. The van der Waals surface area contributed by atoms with Gasteiger partial charge < -0.3 is 15.7 Å². The average molecular weight is 265 g/mol. The van der Waals surface area contributed by atoms with Gasteiger partial charge in [0.05, 0.1) is 17.8 Å². The summed E-state index contributed by atoms with van der Waals surface area (Å²) in [5.41, 5.74) is 1.33. The fraction of sp³-hybridized carbons (Fsp3) is 0.462. The van der Waals surface area contributed by atoms with Gasteiger partial charge in [-0.1, -0.05) is 13.3 Å². The van der Waals surface area contributed by atoms with Crippen molar-refractivity contribution in [3.05, 3.63) is 24.0 Å². The van der Waals surface area contributed by atoms with E-state index in [1.54, 1.807) is 25.3 Å². The summed E-state index contributed by atoms with van der Waals surface area (Å²) >= 11 is 0. The second-order valence-corrected chi connectivity index (χ2v) is 4.32. The first-order valence-electron chi connectivity index (χ1n) is 6.23. The van der Waals surface area contributed by atoms with E-state index in [1.807, 2.05) is 6.92 Å². The van der Waals surface area contributed by atoms with Crippen molar-refractivity contribution in [3.63, 3.8) is 0 Å². The van der Waals surface area contributed by atoms with E-state index < -0.39 is 12.0 Å². The van der Waals surface area contributed by atoms with Crippen molar-refractivity contribution in [1.29, 1.82) is 0 Å². The van der Waals surface area contributed by atoms with E-state index in [1.165, 1.54) is 0 Å². The van der Waals surface area contributed by atoms with Gasteiger partial charge in [0.25, 0.3) is 0 Å². The van der Waals surface area contributed by atoms with Crippen molar-refractivity contribution in [2.75, 3.05) is 5.32 Å². The minimum Gasteiger partial charge on any atom is -0.481 e. The van der Waals surface area contributed by atoms with Crippen LogP contribution in [0.5, 0.6) is 0 Å². The Kier molecular flexibility index (Phi) is 5.78. The summed E-state index contributed by atoms with van der Waals surface area (Å²) < 4.78 is 0. The summed E-state index contributed by atoms with van der Waals surface area (Å²) in [7, 11) is 0. The Morgan fingerprint density at radius 2 is 2.21 bits per heavy atom. The van der Waals surface area contributed by atoms with Crippen molar-refractivity contribution in [2.45, 2.75) is 39.2 Å². The predicted octanol–water partition coefficient (Wildman–Crippen LogP) is 2.15. The number of pyridine rings is 1. The fourth-order valence-electron chi connectivity index (χ4n) is 1.74. The Labute approximate surface area is 112 Å². The molecule has 2 amide bonds. The zero-order chi connectivity index (χ0) is 14.3. The molecular weight excluding hydrogens is 246 g/mol. The summed E-state index contributed by atoms with van der Waals surface area (Å²) in [4.78, 5) is 26.5. The number of anilines is 1. The molecule has 0 fully saturated rings. The zero-order valence-corrected chi connectivity index (χ0v) is 11.1. The normalized spacial score (nSPS) is 11.7. The van der Waals surface area contributed by atoms with Crippen LogP contribution in [0.4, 0.5) is 10.5 Å². The quantitative estimate of drug-likeness (QED) is 0.735. The second-order valence-electron chi connectivity index (χ2n) is 4.32. The SMILES string of the molecule is CCCC(CC(=O)O)NC(=O)Nc1cccnc1C. The van der Waals surface area contributed by atoms with Gasteiger partial charge in [0.15, 0.2) is 0 Å². The van der Waals surface area contributed by atoms with E-state index in [4.69, 9.17) is 5.11 Å². The highest BCUT2D eigenvalue weighted by Crippen LogP contribution is 2.10. The van der Waals surface area contributed by atoms with Crippen molar-refractivity contribution in [2.24, 2.45) is 0 Å². The highest BCUT2D eigenvalue weighted by molar-refractivity contribution is 5.90. The van der Waals surface area contributed by atoms with E-state index >= 15 is 0 Å². The Morgan fingerprint density at radius 3 is 2.79 bits per heavy atom. The molecule has 1 aromatic rings. The molecule has 0 spiro atoms. The molecule has 1 unspecified atom stereocenters. The Hall–Kier alpha value is -2.11. The predicted molar refractivity (Wildman–Crippen MR) is 72.1 cm³/mol. The van der Waals surface area contributed by atoms with Crippen molar-refractivity contribution in [1.82, 2.24) is 10.3 Å². The fourth-order valence-corrected chi connectivity index (χ4v) is 1.74. The lowest BCUT2D eigenvalue weighted by Crippen LogP contribution is -2.39.